The van der Waals surface area contributed by atoms with Gasteiger partial charge < -0.3 is 9.80 Å². The molecule has 2 aromatic heterocycles. The van der Waals surface area contributed by atoms with Crippen molar-refractivity contribution in [2.75, 3.05) is 31.1 Å². The minimum atomic E-state index is -0.373. The molecule has 0 unspecified atom stereocenters. The molecule has 176 valence electrons. The van der Waals surface area contributed by atoms with Gasteiger partial charge in [0.2, 0.25) is 5.91 Å². The number of halogens is 1. The summed E-state index contributed by atoms with van der Waals surface area (Å²) in [5, 5.41) is 5.22. The number of carbonyl (C=O) groups excluding carboxylic acids is 1. The van der Waals surface area contributed by atoms with E-state index in [0.717, 1.165) is 18.2 Å². The van der Waals surface area contributed by atoms with Crippen LogP contribution in [0.5, 0.6) is 0 Å². The minimum Gasteiger partial charge on any atom is -0.366 e. The zero-order chi connectivity index (χ0) is 23.7. The number of fused-ring (bicyclic) bond motifs is 3. The first kappa shape index (κ1) is 22.1. The van der Waals surface area contributed by atoms with Crippen LogP contribution in [0, 0.1) is 5.82 Å². The van der Waals surface area contributed by atoms with Crippen LogP contribution in [0.25, 0.3) is 16.6 Å². The fourth-order valence-electron chi connectivity index (χ4n) is 4.51. The molecule has 9 heteroatoms. The number of amides is 1. The van der Waals surface area contributed by atoms with E-state index in [0.29, 0.717) is 55.3 Å². The Balaban J connectivity index is 1.40. The molecule has 0 radical (unpaired) electrons. The first-order valence-corrected chi connectivity index (χ1v) is 11.7. The van der Waals surface area contributed by atoms with E-state index in [1.165, 1.54) is 15.1 Å². The second-order valence-corrected chi connectivity index (χ2v) is 8.57. The number of hydrogen-bond acceptors (Lipinski definition) is 5. The van der Waals surface area contributed by atoms with E-state index in [9.17, 15) is 14.0 Å². The second-order valence-electron chi connectivity index (χ2n) is 8.57. The van der Waals surface area contributed by atoms with Gasteiger partial charge in [0.25, 0.3) is 0 Å². The van der Waals surface area contributed by atoms with Gasteiger partial charge in [-0.15, -0.1) is 5.10 Å². The Hall–Kier alpha value is -3.75. The largest absolute Gasteiger partial charge is 0.366 e. The maximum absolute atomic E-state index is 14.1. The first-order valence-electron chi connectivity index (χ1n) is 11.7. The molecule has 8 nitrogen and oxygen atoms in total. The zero-order valence-electron chi connectivity index (χ0n) is 19.2. The van der Waals surface area contributed by atoms with Crippen molar-refractivity contribution in [1.29, 1.82) is 0 Å². The molecule has 1 amide bonds. The Kier molecular flexibility index (Phi) is 6.00. The van der Waals surface area contributed by atoms with E-state index in [1.54, 1.807) is 23.1 Å². The van der Waals surface area contributed by atoms with E-state index < -0.39 is 0 Å². The summed E-state index contributed by atoms with van der Waals surface area (Å²) in [7, 11) is 0. The summed E-state index contributed by atoms with van der Waals surface area (Å²) < 4.78 is 16.9. The maximum Gasteiger partial charge on any atom is 0.351 e. The Bertz CT molecular complexity index is 1400. The highest BCUT2D eigenvalue weighted by Gasteiger charge is 2.24. The van der Waals surface area contributed by atoms with Crippen LogP contribution in [0.15, 0.2) is 53.3 Å². The number of piperazine rings is 1. The van der Waals surface area contributed by atoms with Gasteiger partial charge in [-0.05, 0) is 30.7 Å². The van der Waals surface area contributed by atoms with Crippen molar-refractivity contribution < 1.29 is 9.18 Å². The Morgan fingerprint density at radius 1 is 1.03 bits per heavy atom. The summed E-state index contributed by atoms with van der Waals surface area (Å²) in [4.78, 5) is 34.8. The van der Waals surface area contributed by atoms with Gasteiger partial charge in [0.15, 0.2) is 11.5 Å². The molecule has 2 aromatic carbocycles. The molecule has 0 bridgehead atoms. The summed E-state index contributed by atoms with van der Waals surface area (Å²) in [6.45, 7) is 4.01. The van der Waals surface area contributed by atoms with Crippen molar-refractivity contribution in [3.05, 3.63) is 70.7 Å². The quantitative estimate of drug-likeness (QED) is 0.441. The van der Waals surface area contributed by atoms with Crippen LogP contribution >= 0.6 is 0 Å². The van der Waals surface area contributed by atoms with Gasteiger partial charge in [-0.1, -0.05) is 37.6 Å². The second kappa shape index (κ2) is 9.24. The summed E-state index contributed by atoms with van der Waals surface area (Å²) in [5.41, 5.74) is 1.36. The lowest BCUT2D eigenvalue weighted by molar-refractivity contribution is -0.132. The average Bonchev–Trinajstić information content (AvgIpc) is 3.30. The Morgan fingerprint density at radius 2 is 1.76 bits per heavy atom. The van der Waals surface area contributed by atoms with Crippen LogP contribution in [-0.4, -0.2) is 56.2 Å². The van der Waals surface area contributed by atoms with Crippen LogP contribution in [0.4, 0.5) is 10.1 Å². The molecule has 4 aromatic rings. The normalized spacial score (nSPS) is 14.3. The van der Waals surface area contributed by atoms with Crippen molar-refractivity contribution in [1.82, 2.24) is 24.1 Å². The number of unbranched alkanes of at least 4 members (excludes halogenated alkanes) is 1. The number of hydrogen-bond donors (Lipinski definition) is 0. The third-order valence-electron chi connectivity index (χ3n) is 6.37. The highest BCUT2D eigenvalue weighted by molar-refractivity contribution is 5.92. The van der Waals surface area contributed by atoms with Crippen LogP contribution in [0.3, 0.4) is 0 Å². The summed E-state index contributed by atoms with van der Waals surface area (Å²) in [5.74, 6) is 0.225. The van der Waals surface area contributed by atoms with Gasteiger partial charge in [0.05, 0.1) is 11.2 Å². The highest BCUT2D eigenvalue weighted by atomic mass is 19.1. The standard InChI is InChI=1S/C25H27FN6O2/c1-2-3-12-22-27-24-18-8-4-6-10-20(18)31(25(34)32(24)28-22)17-23(33)30-15-13-29(14-16-30)21-11-7-5-9-19(21)26/h4-11H,2-3,12-17H2,1H3. The monoisotopic (exact) mass is 462 g/mol. The average molecular weight is 463 g/mol. The van der Waals surface area contributed by atoms with Crippen molar-refractivity contribution in [2.45, 2.75) is 32.7 Å². The fraction of sp³-hybridized carbons (Fsp3) is 0.360. The molecule has 0 saturated carbocycles. The van der Waals surface area contributed by atoms with Crippen LogP contribution in [0.2, 0.25) is 0 Å². The number of anilines is 1. The first-order chi connectivity index (χ1) is 16.6. The summed E-state index contributed by atoms with van der Waals surface area (Å²) in [6, 6.07) is 14.1. The fourth-order valence-corrected chi connectivity index (χ4v) is 4.51. The molecule has 0 atom stereocenters. The van der Waals surface area contributed by atoms with Crippen molar-refractivity contribution in [3.63, 3.8) is 0 Å². The lowest BCUT2D eigenvalue weighted by Crippen LogP contribution is -2.50. The number of benzene rings is 2. The topological polar surface area (TPSA) is 75.7 Å². The molecule has 1 aliphatic heterocycles. The predicted octanol–water partition coefficient (Wildman–Crippen LogP) is 2.87. The number of aromatic nitrogens is 4. The predicted molar refractivity (Wildman–Crippen MR) is 129 cm³/mol. The Labute approximate surface area is 196 Å². The number of aryl methyl sites for hydroxylation is 1. The third kappa shape index (κ3) is 4.02. The van der Waals surface area contributed by atoms with Gasteiger partial charge in [0, 0.05) is 38.0 Å². The van der Waals surface area contributed by atoms with E-state index in [4.69, 9.17) is 0 Å². The van der Waals surface area contributed by atoms with Gasteiger partial charge >= 0.3 is 5.69 Å². The van der Waals surface area contributed by atoms with Crippen LogP contribution < -0.4 is 10.6 Å². The molecular formula is C25H27FN6O2. The molecule has 1 saturated heterocycles. The number of para-hydroxylation sites is 2. The molecular weight excluding hydrogens is 435 g/mol. The number of rotatable bonds is 6. The van der Waals surface area contributed by atoms with Crippen LogP contribution in [-0.2, 0) is 17.8 Å². The van der Waals surface area contributed by atoms with Crippen molar-refractivity contribution >= 4 is 28.1 Å². The molecule has 3 heterocycles. The SMILES string of the molecule is CCCCc1nc2c3ccccc3n(CC(=O)N3CCN(c4ccccc4F)CC3)c(=O)n2n1. The van der Waals surface area contributed by atoms with Crippen LogP contribution in [0.1, 0.15) is 25.6 Å². The molecule has 1 fully saturated rings. The third-order valence-corrected chi connectivity index (χ3v) is 6.37. The lowest BCUT2D eigenvalue weighted by Gasteiger charge is -2.36. The van der Waals surface area contributed by atoms with Gasteiger partial charge in [-0.25, -0.2) is 14.2 Å². The number of carbonyl (C=O) groups is 1. The highest BCUT2D eigenvalue weighted by Crippen LogP contribution is 2.21. The lowest BCUT2D eigenvalue weighted by atomic mass is 10.2. The van der Waals surface area contributed by atoms with Gasteiger partial charge in [0.1, 0.15) is 12.4 Å². The Morgan fingerprint density at radius 3 is 2.53 bits per heavy atom. The molecule has 1 aliphatic rings. The van der Waals surface area contributed by atoms with E-state index in [-0.39, 0.29) is 24.0 Å². The number of nitrogens with zero attached hydrogens (tertiary/aromatic N) is 6. The maximum atomic E-state index is 14.1. The molecule has 34 heavy (non-hydrogen) atoms. The van der Waals surface area contributed by atoms with E-state index >= 15 is 0 Å². The molecule has 0 aliphatic carbocycles. The summed E-state index contributed by atoms with van der Waals surface area (Å²) in [6.07, 6.45) is 2.66. The zero-order valence-corrected chi connectivity index (χ0v) is 19.2. The smallest absolute Gasteiger partial charge is 0.351 e. The summed E-state index contributed by atoms with van der Waals surface area (Å²) >= 11 is 0. The molecule has 5 rings (SSSR count). The van der Waals surface area contributed by atoms with E-state index in [2.05, 4.69) is 17.0 Å². The molecule has 0 N–H and O–H groups in total. The van der Waals surface area contributed by atoms with Crippen molar-refractivity contribution in [2.24, 2.45) is 0 Å². The van der Waals surface area contributed by atoms with Gasteiger partial charge in [-0.2, -0.15) is 4.52 Å². The van der Waals surface area contributed by atoms with Gasteiger partial charge in [-0.3, -0.25) is 9.36 Å². The van der Waals surface area contributed by atoms with Crippen molar-refractivity contribution in [3.8, 4) is 0 Å². The van der Waals surface area contributed by atoms with E-state index in [1.807, 2.05) is 29.2 Å². The molecule has 0 spiro atoms. The minimum absolute atomic E-state index is 0.0842.